The van der Waals surface area contributed by atoms with Gasteiger partial charge in [-0.2, -0.15) is 0 Å². The van der Waals surface area contributed by atoms with Gasteiger partial charge in [0.05, 0.1) is 32.3 Å². The molecule has 0 unspecified atom stereocenters. The van der Waals surface area contributed by atoms with Crippen molar-refractivity contribution >= 4 is 29.6 Å². The van der Waals surface area contributed by atoms with Crippen LogP contribution in [-0.4, -0.2) is 32.2 Å². The maximum atomic E-state index is 12.2. The molecule has 0 saturated heterocycles. The summed E-state index contributed by atoms with van der Waals surface area (Å²) in [5.74, 6) is -1.24. The van der Waals surface area contributed by atoms with Crippen LogP contribution in [0.4, 0.5) is 4.79 Å². The van der Waals surface area contributed by atoms with E-state index in [9.17, 15) is 14.4 Å². The van der Waals surface area contributed by atoms with Crippen molar-refractivity contribution in [2.24, 2.45) is 0 Å². The first-order valence-corrected chi connectivity index (χ1v) is 7.05. The van der Waals surface area contributed by atoms with Gasteiger partial charge >= 0.3 is 18.0 Å². The van der Waals surface area contributed by atoms with E-state index in [1.54, 1.807) is 24.3 Å². The number of nitrogens with one attached hydrogen (secondary N) is 2. The number of urea groups is 1. The Hall–Kier alpha value is -2.54. The molecule has 0 saturated carbocycles. The molecule has 7 nitrogen and oxygen atoms in total. The molecule has 2 N–H and O–H groups in total. The van der Waals surface area contributed by atoms with E-state index < -0.39 is 24.0 Å². The molecule has 1 aliphatic rings. The van der Waals surface area contributed by atoms with Gasteiger partial charge in [0.1, 0.15) is 0 Å². The van der Waals surface area contributed by atoms with E-state index in [4.69, 9.17) is 16.3 Å². The third-order valence-electron chi connectivity index (χ3n) is 3.31. The zero-order chi connectivity index (χ0) is 17.0. The zero-order valence-electron chi connectivity index (χ0n) is 12.5. The second-order valence-electron chi connectivity index (χ2n) is 4.72. The first-order chi connectivity index (χ1) is 11.0. The molecule has 0 spiro atoms. The summed E-state index contributed by atoms with van der Waals surface area (Å²) in [6.07, 6.45) is -0.252. The van der Waals surface area contributed by atoms with Gasteiger partial charge in [-0.1, -0.05) is 23.7 Å². The van der Waals surface area contributed by atoms with Crippen molar-refractivity contribution < 1.29 is 23.9 Å². The highest BCUT2D eigenvalue weighted by Crippen LogP contribution is 2.29. The molecule has 8 heteroatoms. The molecular weight excluding hydrogens is 324 g/mol. The number of methoxy groups -OCH3 is 2. The summed E-state index contributed by atoms with van der Waals surface area (Å²) in [6.45, 7) is 0. The minimum absolute atomic E-state index is 0.139. The van der Waals surface area contributed by atoms with Crippen molar-refractivity contribution in [2.45, 2.75) is 12.5 Å². The predicted molar refractivity (Wildman–Crippen MR) is 81.5 cm³/mol. The monoisotopic (exact) mass is 338 g/mol. The van der Waals surface area contributed by atoms with Gasteiger partial charge in [-0.25, -0.2) is 9.59 Å². The summed E-state index contributed by atoms with van der Waals surface area (Å²) < 4.78 is 9.37. The quantitative estimate of drug-likeness (QED) is 0.815. The van der Waals surface area contributed by atoms with Crippen LogP contribution in [0.3, 0.4) is 0 Å². The molecule has 1 heterocycles. The fourth-order valence-electron chi connectivity index (χ4n) is 2.23. The van der Waals surface area contributed by atoms with Crippen LogP contribution in [0.25, 0.3) is 0 Å². The molecule has 1 aromatic rings. The van der Waals surface area contributed by atoms with Crippen molar-refractivity contribution in [3.63, 3.8) is 0 Å². The van der Waals surface area contributed by atoms with Crippen LogP contribution < -0.4 is 10.6 Å². The summed E-state index contributed by atoms with van der Waals surface area (Å²) in [7, 11) is 2.45. The van der Waals surface area contributed by atoms with Gasteiger partial charge < -0.3 is 20.1 Å². The number of ether oxygens (including phenoxy) is 2. The second kappa shape index (κ2) is 7.15. The van der Waals surface area contributed by atoms with E-state index in [1.165, 1.54) is 14.2 Å². The minimum atomic E-state index is -0.756. The van der Waals surface area contributed by atoms with Crippen molar-refractivity contribution in [2.75, 3.05) is 14.2 Å². The molecular formula is C15H15ClN2O5. The van der Waals surface area contributed by atoms with Crippen molar-refractivity contribution in [3.8, 4) is 0 Å². The molecule has 23 heavy (non-hydrogen) atoms. The number of benzene rings is 1. The number of esters is 2. The first kappa shape index (κ1) is 16.8. The molecule has 0 aliphatic carbocycles. The summed E-state index contributed by atoms with van der Waals surface area (Å²) in [4.78, 5) is 35.6. The largest absolute Gasteiger partial charge is 0.469 e. The Bertz CT molecular complexity index is 669. The topological polar surface area (TPSA) is 93.7 Å². The lowest BCUT2D eigenvalue weighted by molar-refractivity contribution is -0.139. The van der Waals surface area contributed by atoms with E-state index >= 15 is 0 Å². The molecule has 2 rings (SSSR count). The van der Waals surface area contributed by atoms with E-state index in [0.717, 1.165) is 0 Å². The molecule has 122 valence electrons. The highest BCUT2D eigenvalue weighted by atomic mass is 35.5. The van der Waals surface area contributed by atoms with Crippen LogP contribution in [0.15, 0.2) is 35.5 Å². The SMILES string of the molecule is COC(=O)CC1=C(C(=O)OC)[C@@H](c2ccc(Cl)cc2)NC(=O)N1. The average Bonchev–Trinajstić information content (AvgIpc) is 2.54. The molecule has 0 radical (unpaired) electrons. The lowest BCUT2D eigenvalue weighted by Crippen LogP contribution is -2.46. The van der Waals surface area contributed by atoms with Gasteiger partial charge in [-0.15, -0.1) is 0 Å². The number of halogens is 1. The summed E-state index contributed by atoms with van der Waals surface area (Å²) in [5, 5.41) is 5.62. The summed E-state index contributed by atoms with van der Waals surface area (Å²) in [5.41, 5.74) is 0.916. The second-order valence-corrected chi connectivity index (χ2v) is 5.16. The van der Waals surface area contributed by atoms with Crippen LogP contribution >= 0.6 is 11.6 Å². The van der Waals surface area contributed by atoms with Crippen molar-refractivity contribution in [1.29, 1.82) is 0 Å². The summed E-state index contributed by atoms with van der Waals surface area (Å²) >= 11 is 5.86. The Morgan fingerprint density at radius 2 is 1.83 bits per heavy atom. The fraction of sp³-hybridized carbons (Fsp3) is 0.267. The van der Waals surface area contributed by atoms with Crippen LogP contribution in [0, 0.1) is 0 Å². The molecule has 0 fully saturated rings. The standard InChI is InChI=1S/C15H15ClN2O5/c1-22-11(19)7-10-12(14(20)23-2)13(18-15(21)17-10)8-3-5-9(16)6-4-8/h3-6,13H,7H2,1-2H3,(H2,17,18,21)/t13-/m1/s1. The maximum Gasteiger partial charge on any atom is 0.337 e. The van der Waals surface area contributed by atoms with Gasteiger partial charge in [0.2, 0.25) is 0 Å². The number of rotatable bonds is 4. The Balaban J connectivity index is 2.50. The third kappa shape index (κ3) is 3.81. The number of hydrogen-bond acceptors (Lipinski definition) is 5. The third-order valence-corrected chi connectivity index (χ3v) is 3.56. The lowest BCUT2D eigenvalue weighted by Gasteiger charge is -2.28. The highest BCUT2D eigenvalue weighted by molar-refractivity contribution is 6.30. The maximum absolute atomic E-state index is 12.2. The highest BCUT2D eigenvalue weighted by Gasteiger charge is 2.34. The van der Waals surface area contributed by atoms with Crippen molar-refractivity contribution in [3.05, 3.63) is 46.1 Å². The van der Waals surface area contributed by atoms with Gasteiger partial charge in [0.25, 0.3) is 0 Å². The number of carbonyl (C=O) groups excluding carboxylic acids is 3. The normalized spacial score (nSPS) is 17.2. The molecule has 1 atom stereocenters. The van der Waals surface area contributed by atoms with Gasteiger partial charge in [-0.05, 0) is 17.7 Å². The Morgan fingerprint density at radius 3 is 2.39 bits per heavy atom. The van der Waals surface area contributed by atoms with Gasteiger partial charge in [0, 0.05) is 10.7 Å². The van der Waals surface area contributed by atoms with E-state index in [-0.39, 0.29) is 17.7 Å². The first-order valence-electron chi connectivity index (χ1n) is 6.67. The van der Waals surface area contributed by atoms with E-state index in [1.807, 2.05) is 0 Å². The van der Waals surface area contributed by atoms with E-state index in [2.05, 4.69) is 15.4 Å². The Kier molecular flexibility index (Phi) is 5.23. The molecule has 2 amide bonds. The molecule has 0 aromatic heterocycles. The average molecular weight is 339 g/mol. The Morgan fingerprint density at radius 1 is 1.17 bits per heavy atom. The number of hydrogen-bond donors (Lipinski definition) is 2. The van der Waals surface area contributed by atoms with Crippen LogP contribution in [0.2, 0.25) is 5.02 Å². The Labute approximate surface area is 137 Å². The smallest absolute Gasteiger partial charge is 0.337 e. The molecule has 1 aromatic carbocycles. The van der Waals surface area contributed by atoms with Crippen LogP contribution in [0.5, 0.6) is 0 Å². The summed E-state index contributed by atoms with van der Waals surface area (Å²) in [6, 6.07) is 5.35. The van der Waals surface area contributed by atoms with Crippen LogP contribution in [0.1, 0.15) is 18.0 Å². The minimum Gasteiger partial charge on any atom is -0.469 e. The fourth-order valence-corrected chi connectivity index (χ4v) is 2.36. The zero-order valence-corrected chi connectivity index (χ0v) is 13.3. The van der Waals surface area contributed by atoms with Crippen molar-refractivity contribution in [1.82, 2.24) is 10.6 Å². The van der Waals surface area contributed by atoms with E-state index in [0.29, 0.717) is 10.6 Å². The molecule has 1 aliphatic heterocycles. The van der Waals surface area contributed by atoms with Gasteiger partial charge in [-0.3, -0.25) is 4.79 Å². The number of amides is 2. The molecule has 0 bridgehead atoms. The van der Waals surface area contributed by atoms with Crippen LogP contribution in [-0.2, 0) is 19.1 Å². The predicted octanol–water partition coefficient (Wildman–Crippen LogP) is 1.68. The lowest BCUT2D eigenvalue weighted by atomic mass is 9.94. The number of carbonyl (C=O) groups is 3. The van der Waals surface area contributed by atoms with Gasteiger partial charge in [0.15, 0.2) is 0 Å².